The van der Waals surface area contributed by atoms with Crippen LogP contribution in [0.2, 0.25) is 0 Å². The van der Waals surface area contributed by atoms with Gasteiger partial charge in [0, 0.05) is 27.7 Å². The quantitative estimate of drug-likeness (QED) is 0.110. The Kier molecular flexibility index (Phi) is 10.0. The minimum atomic E-state index is -4.01. The Labute approximate surface area is 314 Å². The molecular formula is C50H45O2P. The summed E-state index contributed by atoms with van der Waals surface area (Å²) in [6, 6.07) is 53.4. The maximum absolute atomic E-state index is 16.5. The predicted molar refractivity (Wildman–Crippen MR) is 224 cm³/mol. The molecule has 0 aliphatic rings. The summed E-state index contributed by atoms with van der Waals surface area (Å²) in [7, 11) is -4.01. The van der Waals surface area contributed by atoms with E-state index >= 15 is 9.36 Å². The highest BCUT2D eigenvalue weighted by molar-refractivity contribution is 7.93. The van der Waals surface area contributed by atoms with Crippen molar-refractivity contribution in [2.24, 2.45) is 0 Å². The van der Waals surface area contributed by atoms with Crippen LogP contribution in [0.5, 0.6) is 0 Å². The van der Waals surface area contributed by atoms with Gasteiger partial charge in [0.15, 0.2) is 0 Å². The van der Waals surface area contributed by atoms with Crippen LogP contribution in [0.1, 0.15) is 66.3 Å². The maximum atomic E-state index is 16.5. The summed E-state index contributed by atoms with van der Waals surface area (Å²) in [5, 5.41) is 1.07. The van der Waals surface area contributed by atoms with Crippen molar-refractivity contribution >= 4 is 23.3 Å². The van der Waals surface area contributed by atoms with Crippen molar-refractivity contribution < 1.29 is 9.36 Å². The van der Waals surface area contributed by atoms with E-state index in [4.69, 9.17) is 0 Å². The van der Waals surface area contributed by atoms with Crippen LogP contribution in [0.4, 0.5) is 0 Å². The molecule has 0 saturated heterocycles. The van der Waals surface area contributed by atoms with Crippen molar-refractivity contribution in [3.8, 4) is 22.3 Å². The predicted octanol–water partition coefficient (Wildman–Crippen LogP) is 12.2. The molecule has 0 fully saturated rings. The summed E-state index contributed by atoms with van der Waals surface area (Å²) in [6.07, 6.45) is 0. The summed E-state index contributed by atoms with van der Waals surface area (Å²) in [6.45, 7) is 12.5. The van der Waals surface area contributed by atoms with Crippen molar-refractivity contribution in [2.75, 3.05) is 0 Å². The summed E-state index contributed by atoms with van der Waals surface area (Å²) in [5.41, 5.74) is 13.8. The first kappa shape index (κ1) is 35.8. The van der Waals surface area contributed by atoms with Crippen LogP contribution in [0.15, 0.2) is 158 Å². The highest BCUT2D eigenvalue weighted by atomic mass is 31.2. The van der Waals surface area contributed by atoms with Gasteiger partial charge in [0.25, 0.3) is 0 Å². The van der Waals surface area contributed by atoms with Crippen molar-refractivity contribution in [3.63, 3.8) is 0 Å². The van der Waals surface area contributed by atoms with E-state index in [1.165, 1.54) is 27.8 Å². The zero-order valence-electron chi connectivity index (χ0n) is 31.4. The second kappa shape index (κ2) is 14.8. The maximum Gasteiger partial charge on any atom is 0.230 e. The smallest absolute Gasteiger partial charge is 0.230 e. The van der Waals surface area contributed by atoms with Gasteiger partial charge in [-0.05, 0) is 103 Å². The molecule has 0 radical (unpaired) electrons. The van der Waals surface area contributed by atoms with E-state index in [-0.39, 0.29) is 11.4 Å². The van der Waals surface area contributed by atoms with Gasteiger partial charge in [-0.2, -0.15) is 0 Å². The molecule has 0 aromatic heterocycles. The zero-order valence-corrected chi connectivity index (χ0v) is 32.2. The van der Waals surface area contributed by atoms with Gasteiger partial charge in [-0.25, -0.2) is 0 Å². The number of benzene rings is 7. The summed E-state index contributed by atoms with van der Waals surface area (Å²) in [4.78, 5) is 15.4. The van der Waals surface area contributed by atoms with Gasteiger partial charge >= 0.3 is 0 Å². The molecule has 0 saturated carbocycles. The molecule has 2 unspecified atom stereocenters. The fraction of sp³-hybridized carbons (Fsp3) is 0.140. The third-order valence-electron chi connectivity index (χ3n) is 10.4. The van der Waals surface area contributed by atoms with Gasteiger partial charge in [0.05, 0.1) is 0 Å². The van der Waals surface area contributed by atoms with E-state index in [0.29, 0.717) is 16.2 Å². The molecule has 3 heteroatoms. The molecule has 7 rings (SSSR count). The van der Waals surface area contributed by atoms with Gasteiger partial charge in [-0.1, -0.05) is 163 Å². The highest BCUT2D eigenvalue weighted by Gasteiger charge is 2.41. The first-order valence-corrected chi connectivity index (χ1v) is 20.0. The number of carbonyl (C=O) groups is 1. The van der Waals surface area contributed by atoms with Crippen molar-refractivity contribution in [3.05, 3.63) is 213 Å². The molecule has 53 heavy (non-hydrogen) atoms. The molecule has 7 aromatic rings. The zero-order chi connectivity index (χ0) is 37.3. The van der Waals surface area contributed by atoms with E-state index < -0.39 is 7.14 Å². The fourth-order valence-electron chi connectivity index (χ4n) is 8.40. The molecule has 0 aliphatic heterocycles. The van der Waals surface area contributed by atoms with Crippen LogP contribution in [-0.2, 0) is 4.57 Å². The SMILES string of the molecule is Cc1cc(C)c(C(=O)P(=O)(c2ccccc2)c2ccc(C(c3ccccc3)c3c(C)cc(C)cc3C)c(-c3ccccc3)c2-c2ccccc2)c(C)c1. The first-order valence-electron chi connectivity index (χ1n) is 18.3. The fourth-order valence-corrected chi connectivity index (χ4v) is 11.2. The van der Waals surface area contributed by atoms with E-state index in [1.807, 2.05) is 93.6 Å². The number of carbonyl (C=O) groups excluding carboxylic acids is 1. The van der Waals surface area contributed by atoms with E-state index in [0.717, 1.165) is 44.5 Å². The molecule has 0 aliphatic carbocycles. The molecule has 262 valence electrons. The van der Waals surface area contributed by atoms with Crippen LogP contribution < -0.4 is 10.6 Å². The summed E-state index contributed by atoms with van der Waals surface area (Å²) in [5.74, 6) is -0.142. The second-order valence-corrected chi connectivity index (χ2v) is 17.0. The third kappa shape index (κ3) is 6.65. The molecule has 0 amide bonds. The van der Waals surface area contributed by atoms with Crippen molar-refractivity contribution in [2.45, 2.75) is 47.5 Å². The Morgan fingerprint density at radius 2 is 0.925 bits per heavy atom. The van der Waals surface area contributed by atoms with Gasteiger partial charge in [0.2, 0.25) is 12.7 Å². The Morgan fingerprint density at radius 3 is 1.43 bits per heavy atom. The normalized spacial score (nSPS) is 12.9. The molecule has 0 spiro atoms. The molecule has 0 N–H and O–H groups in total. The number of hydrogen-bond donors (Lipinski definition) is 0. The number of hydrogen-bond acceptors (Lipinski definition) is 2. The molecule has 0 heterocycles. The average Bonchev–Trinajstić information content (AvgIpc) is 3.16. The van der Waals surface area contributed by atoms with Crippen LogP contribution in [0, 0.1) is 41.5 Å². The summed E-state index contributed by atoms with van der Waals surface area (Å²) >= 11 is 0. The van der Waals surface area contributed by atoms with Crippen LogP contribution in [0.3, 0.4) is 0 Å². The number of aryl methyl sites for hydroxylation is 6. The highest BCUT2D eigenvalue weighted by Crippen LogP contribution is 2.53. The first-order chi connectivity index (χ1) is 25.6. The number of rotatable bonds is 9. The van der Waals surface area contributed by atoms with Crippen LogP contribution >= 0.6 is 7.14 Å². The van der Waals surface area contributed by atoms with E-state index in [2.05, 4.69) is 106 Å². The molecule has 2 atom stereocenters. The largest absolute Gasteiger partial charge is 0.305 e. The van der Waals surface area contributed by atoms with Gasteiger partial charge in [0.1, 0.15) is 0 Å². The summed E-state index contributed by atoms with van der Waals surface area (Å²) < 4.78 is 16.5. The van der Waals surface area contributed by atoms with Crippen molar-refractivity contribution in [1.29, 1.82) is 0 Å². The van der Waals surface area contributed by atoms with Gasteiger partial charge < -0.3 is 4.57 Å². The topological polar surface area (TPSA) is 34.1 Å². The molecule has 2 nitrogen and oxygen atoms in total. The Morgan fingerprint density at radius 1 is 0.491 bits per heavy atom. The molecular weight excluding hydrogens is 664 g/mol. The standard InChI is InChI=1S/C50H45O2P/c1-33-29-35(3)45(36(4)30-33)47(39-19-11-7-12-20-39)43-27-28-44(49(41-23-15-9-16-24-41)48(43)40-21-13-8-14-22-40)53(52,42-25-17-10-18-26-42)50(51)46-37(5)31-34(2)32-38(46)6/h7-32,47H,1-6H3. The monoisotopic (exact) mass is 708 g/mol. The van der Waals surface area contributed by atoms with E-state index in [1.54, 1.807) is 0 Å². The van der Waals surface area contributed by atoms with Crippen LogP contribution in [-0.4, -0.2) is 5.52 Å². The second-order valence-electron chi connectivity index (χ2n) is 14.3. The lowest BCUT2D eigenvalue weighted by atomic mass is 9.76. The minimum absolute atomic E-state index is 0.142. The third-order valence-corrected chi connectivity index (χ3v) is 13.3. The van der Waals surface area contributed by atoms with Gasteiger partial charge in [-0.3, -0.25) is 4.79 Å². The van der Waals surface area contributed by atoms with E-state index in [9.17, 15) is 0 Å². The average molecular weight is 709 g/mol. The Bertz CT molecular complexity index is 2440. The lowest BCUT2D eigenvalue weighted by Crippen LogP contribution is -2.26. The Hall–Kier alpha value is -5.56. The molecule has 0 bridgehead atoms. The minimum Gasteiger partial charge on any atom is -0.305 e. The van der Waals surface area contributed by atoms with Gasteiger partial charge in [-0.15, -0.1) is 0 Å². The Balaban J connectivity index is 1.66. The lowest BCUT2D eigenvalue weighted by Gasteiger charge is -2.30. The lowest BCUT2D eigenvalue weighted by molar-refractivity contribution is 0.107. The van der Waals surface area contributed by atoms with Crippen molar-refractivity contribution in [1.82, 2.24) is 0 Å². The van der Waals surface area contributed by atoms with Crippen LogP contribution in [0.25, 0.3) is 22.3 Å². The molecule has 7 aromatic carbocycles.